The number of benzene rings is 1. The van der Waals surface area contributed by atoms with Gasteiger partial charge >= 0.3 is 0 Å². The summed E-state index contributed by atoms with van der Waals surface area (Å²) in [6.45, 7) is 3.59. The summed E-state index contributed by atoms with van der Waals surface area (Å²) in [5.74, 6) is 0.413. The van der Waals surface area contributed by atoms with E-state index in [-0.39, 0.29) is 11.9 Å². The third-order valence-electron chi connectivity index (χ3n) is 2.99. The highest BCUT2D eigenvalue weighted by Crippen LogP contribution is 2.17. The molecule has 0 saturated carbocycles. The van der Waals surface area contributed by atoms with Crippen molar-refractivity contribution < 1.29 is 9.53 Å². The molecule has 2 aromatic rings. The van der Waals surface area contributed by atoms with Gasteiger partial charge in [0.05, 0.1) is 11.7 Å². The summed E-state index contributed by atoms with van der Waals surface area (Å²) in [6, 6.07) is 12.3. The summed E-state index contributed by atoms with van der Waals surface area (Å²) in [6.07, 6.45) is 1.10. The summed E-state index contributed by atoms with van der Waals surface area (Å²) < 4.78 is 5.58. The highest BCUT2D eigenvalue weighted by atomic mass is 35.5. The van der Waals surface area contributed by atoms with Crippen molar-refractivity contribution in [3.05, 3.63) is 59.4 Å². The smallest absolute Gasteiger partial charge is 0.261 e. The lowest BCUT2D eigenvalue weighted by atomic mass is 10.2. The first-order chi connectivity index (χ1) is 10.1. The fourth-order valence-corrected chi connectivity index (χ4v) is 1.93. The molecule has 0 saturated heterocycles. The lowest BCUT2D eigenvalue weighted by molar-refractivity contribution is -0.127. The van der Waals surface area contributed by atoms with E-state index in [9.17, 15) is 4.79 Å². The fraction of sp³-hybridized carbons (Fsp3) is 0.250. The van der Waals surface area contributed by atoms with E-state index in [4.69, 9.17) is 16.3 Å². The maximum atomic E-state index is 12.1. The van der Waals surface area contributed by atoms with Gasteiger partial charge < -0.3 is 10.1 Å². The molecular formula is C16H17ClN2O2. The van der Waals surface area contributed by atoms with Gasteiger partial charge in [0.1, 0.15) is 5.75 Å². The molecule has 4 nitrogen and oxygen atoms in total. The van der Waals surface area contributed by atoms with Gasteiger partial charge in [0.2, 0.25) is 0 Å². The number of hydrogen-bond donors (Lipinski definition) is 1. The standard InChI is InChI=1S/C16H17ClN2O2/c1-11(15-5-3-4-10-18-15)19-16(20)12(2)21-14-8-6-13(17)7-9-14/h3-12H,1-2H3,(H,19,20). The van der Waals surface area contributed by atoms with Gasteiger partial charge in [-0.05, 0) is 50.2 Å². The predicted octanol–water partition coefficient (Wildman–Crippen LogP) is 3.38. The molecule has 1 aromatic heterocycles. The van der Waals surface area contributed by atoms with Gasteiger partial charge in [-0.3, -0.25) is 9.78 Å². The number of carbonyl (C=O) groups is 1. The van der Waals surface area contributed by atoms with E-state index in [2.05, 4.69) is 10.3 Å². The molecular weight excluding hydrogens is 288 g/mol. The zero-order valence-corrected chi connectivity index (χ0v) is 12.7. The first-order valence-corrected chi connectivity index (χ1v) is 7.07. The van der Waals surface area contributed by atoms with E-state index in [1.807, 2.05) is 25.1 Å². The second-order valence-corrected chi connectivity index (χ2v) is 5.14. The van der Waals surface area contributed by atoms with E-state index in [0.717, 1.165) is 5.69 Å². The summed E-state index contributed by atoms with van der Waals surface area (Å²) in [5, 5.41) is 3.50. The minimum absolute atomic E-state index is 0.171. The Bertz CT molecular complexity index is 587. The van der Waals surface area contributed by atoms with Crippen LogP contribution in [0.1, 0.15) is 25.6 Å². The molecule has 0 aliphatic heterocycles. The van der Waals surface area contributed by atoms with Crippen LogP contribution in [0.5, 0.6) is 5.75 Å². The molecule has 0 aliphatic rings. The summed E-state index contributed by atoms with van der Waals surface area (Å²) >= 11 is 5.81. The second kappa shape index (κ2) is 7.09. The molecule has 0 fully saturated rings. The average Bonchev–Trinajstić information content (AvgIpc) is 2.50. The summed E-state index contributed by atoms with van der Waals surface area (Å²) in [4.78, 5) is 16.3. The van der Waals surface area contributed by atoms with Gasteiger partial charge in [0.25, 0.3) is 5.91 Å². The number of nitrogens with zero attached hydrogens (tertiary/aromatic N) is 1. The lowest BCUT2D eigenvalue weighted by Gasteiger charge is -2.18. The van der Waals surface area contributed by atoms with Crippen LogP contribution in [0, 0.1) is 0 Å². The van der Waals surface area contributed by atoms with Crippen LogP contribution in [0.15, 0.2) is 48.7 Å². The highest BCUT2D eigenvalue weighted by Gasteiger charge is 2.18. The minimum Gasteiger partial charge on any atom is -0.481 e. The van der Waals surface area contributed by atoms with Crippen LogP contribution in [-0.2, 0) is 4.79 Å². The maximum absolute atomic E-state index is 12.1. The van der Waals surface area contributed by atoms with Crippen molar-refractivity contribution in [3.63, 3.8) is 0 Å². The Morgan fingerprint density at radius 2 is 1.90 bits per heavy atom. The Morgan fingerprint density at radius 3 is 2.52 bits per heavy atom. The number of carbonyl (C=O) groups excluding carboxylic acids is 1. The van der Waals surface area contributed by atoms with Crippen LogP contribution < -0.4 is 10.1 Å². The average molecular weight is 305 g/mol. The summed E-state index contributed by atoms with van der Waals surface area (Å²) in [5.41, 5.74) is 0.810. The lowest BCUT2D eigenvalue weighted by Crippen LogP contribution is -2.38. The van der Waals surface area contributed by atoms with Crippen molar-refractivity contribution in [2.24, 2.45) is 0 Å². The molecule has 2 rings (SSSR count). The van der Waals surface area contributed by atoms with Crippen molar-refractivity contribution in [2.75, 3.05) is 0 Å². The Morgan fingerprint density at radius 1 is 1.19 bits per heavy atom. The number of ether oxygens (including phenoxy) is 1. The van der Waals surface area contributed by atoms with Crippen LogP contribution in [0.25, 0.3) is 0 Å². The van der Waals surface area contributed by atoms with Gasteiger partial charge in [-0.15, -0.1) is 0 Å². The third kappa shape index (κ3) is 4.46. The summed E-state index contributed by atoms with van der Waals surface area (Å²) in [7, 11) is 0. The van der Waals surface area contributed by atoms with Gasteiger partial charge in [-0.25, -0.2) is 0 Å². The molecule has 2 atom stereocenters. The van der Waals surface area contributed by atoms with Crippen LogP contribution >= 0.6 is 11.6 Å². The van der Waals surface area contributed by atoms with E-state index in [0.29, 0.717) is 10.8 Å². The number of aromatic nitrogens is 1. The Kier molecular flexibility index (Phi) is 5.17. The highest BCUT2D eigenvalue weighted by molar-refractivity contribution is 6.30. The monoisotopic (exact) mass is 304 g/mol. The molecule has 0 aliphatic carbocycles. The first-order valence-electron chi connectivity index (χ1n) is 6.70. The minimum atomic E-state index is -0.600. The molecule has 0 spiro atoms. The molecule has 2 unspecified atom stereocenters. The van der Waals surface area contributed by atoms with E-state index < -0.39 is 6.10 Å². The van der Waals surface area contributed by atoms with Crippen molar-refractivity contribution in [1.82, 2.24) is 10.3 Å². The largest absolute Gasteiger partial charge is 0.481 e. The third-order valence-corrected chi connectivity index (χ3v) is 3.24. The van der Waals surface area contributed by atoms with Crippen molar-refractivity contribution in [1.29, 1.82) is 0 Å². The van der Waals surface area contributed by atoms with E-state index in [1.165, 1.54) is 0 Å². The van der Waals surface area contributed by atoms with Gasteiger partial charge in [-0.1, -0.05) is 17.7 Å². The van der Waals surface area contributed by atoms with Crippen LogP contribution in [0.4, 0.5) is 0 Å². The molecule has 21 heavy (non-hydrogen) atoms. The van der Waals surface area contributed by atoms with Gasteiger partial charge in [-0.2, -0.15) is 0 Å². The molecule has 5 heteroatoms. The molecule has 1 amide bonds. The van der Waals surface area contributed by atoms with E-state index >= 15 is 0 Å². The molecule has 1 aromatic carbocycles. The number of amides is 1. The Labute approximate surface area is 129 Å². The van der Waals surface area contributed by atoms with Crippen LogP contribution in [-0.4, -0.2) is 17.0 Å². The SMILES string of the molecule is CC(Oc1ccc(Cl)cc1)C(=O)NC(C)c1ccccn1. The number of hydrogen-bond acceptors (Lipinski definition) is 3. The topological polar surface area (TPSA) is 51.2 Å². The van der Waals surface area contributed by atoms with Gasteiger partial charge in [0, 0.05) is 11.2 Å². The molecule has 1 heterocycles. The Hall–Kier alpha value is -2.07. The quantitative estimate of drug-likeness (QED) is 0.921. The molecule has 110 valence electrons. The first kappa shape index (κ1) is 15.3. The van der Waals surface area contributed by atoms with E-state index in [1.54, 1.807) is 37.4 Å². The fourth-order valence-electron chi connectivity index (χ4n) is 1.81. The number of rotatable bonds is 5. The number of nitrogens with one attached hydrogen (secondary N) is 1. The van der Waals surface area contributed by atoms with Crippen LogP contribution in [0.2, 0.25) is 5.02 Å². The zero-order chi connectivity index (χ0) is 15.2. The molecule has 1 N–H and O–H groups in total. The molecule has 0 bridgehead atoms. The molecule has 0 radical (unpaired) electrons. The van der Waals surface area contributed by atoms with Crippen molar-refractivity contribution >= 4 is 17.5 Å². The zero-order valence-electron chi connectivity index (χ0n) is 11.9. The maximum Gasteiger partial charge on any atom is 0.261 e. The number of halogens is 1. The van der Waals surface area contributed by atoms with Crippen molar-refractivity contribution in [3.8, 4) is 5.75 Å². The second-order valence-electron chi connectivity index (χ2n) is 4.70. The Balaban J connectivity index is 1.92. The van der Waals surface area contributed by atoms with Crippen LogP contribution in [0.3, 0.4) is 0 Å². The van der Waals surface area contributed by atoms with Crippen molar-refractivity contribution in [2.45, 2.75) is 26.0 Å². The normalized spacial score (nSPS) is 13.3. The number of pyridine rings is 1. The van der Waals surface area contributed by atoms with Gasteiger partial charge in [0.15, 0.2) is 6.10 Å². The predicted molar refractivity (Wildman–Crippen MR) is 82.3 cm³/mol.